The number of rotatable bonds is 13. The van der Waals surface area contributed by atoms with Crippen LogP contribution < -0.4 is 9.80 Å². The van der Waals surface area contributed by atoms with Gasteiger partial charge in [-0.15, -0.1) is 0 Å². The number of anilines is 6. The fourth-order valence-electron chi connectivity index (χ4n) is 15.6. The van der Waals surface area contributed by atoms with E-state index in [1.165, 1.54) is 22.3 Å². The lowest BCUT2D eigenvalue weighted by molar-refractivity contribution is 0.668. The molecule has 21 rings (SSSR count). The van der Waals surface area contributed by atoms with Crippen LogP contribution >= 0.6 is 0 Å². The second-order valence-electron chi connectivity index (χ2n) is 27.4. The molecule has 108 heavy (non-hydrogen) atoms. The molecule has 0 bridgehead atoms. The Bertz CT molecular complexity index is 6860. The predicted molar refractivity (Wildman–Crippen MR) is 449 cm³/mol. The molecule has 0 aliphatic heterocycles. The summed E-state index contributed by atoms with van der Waals surface area (Å²) in [5, 5.41) is 9.10. The third-order valence-electron chi connectivity index (χ3n) is 21.0. The van der Waals surface area contributed by atoms with Gasteiger partial charge in [-0.2, -0.15) is 0 Å². The van der Waals surface area contributed by atoms with Crippen molar-refractivity contribution < 1.29 is 17.7 Å². The van der Waals surface area contributed by atoms with E-state index in [0.29, 0.717) is 0 Å². The molecule has 0 amide bonds. The summed E-state index contributed by atoms with van der Waals surface area (Å²) in [7, 11) is 0. The van der Waals surface area contributed by atoms with Gasteiger partial charge in [-0.05, 0) is 188 Å². The van der Waals surface area contributed by atoms with Crippen LogP contribution in [-0.4, -0.2) is 0 Å². The van der Waals surface area contributed by atoms with Crippen molar-refractivity contribution in [2.75, 3.05) is 9.80 Å². The maximum Gasteiger partial charge on any atom is 0.143 e. The van der Waals surface area contributed by atoms with Crippen molar-refractivity contribution in [3.8, 4) is 77.9 Å². The molecular weight excluding hydrogens is 1320 g/mol. The fourth-order valence-corrected chi connectivity index (χ4v) is 15.6. The molecule has 17 aromatic carbocycles. The van der Waals surface area contributed by atoms with Crippen LogP contribution in [0.5, 0.6) is 0 Å². The highest BCUT2D eigenvalue weighted by Gasteiger charge is 2.20. The molecule has 0 fully saturated rings. The van der Waals surface area contributed by atoms with Gasteiger partial charge < -0.3 is 27.5 Å². The van der Waals surface area contributed by atoms with Gasteiger partial charge in [0, 0.05) is 88.3 Å². The average Bonchev–Trinajstić information content (AvgIpc) is 1.43. The van der Waals surface area contributed by atoms with E-state index in [1.807, 2.05) is 48.5 Å². The highest BCUT2D eigenvalue weighted by atomic mass is 16.3. The normalized spacial score (nSPS) is 11.5. The van der Waals surface area contributed by atoms with Crippen LogP contribution in [0.25, 0.3) is 166 Å². The topological polar surface area (TPSA) is 59.0 Å². The number of fused-ring (bicyclic) bond motifs is 12. The summed E-state index contributed by atoms with van der Waals surface area (Å²) >= 11 is 0. The SMILES string of the molecule is c1ccc(-c2ccc(N(c3ccc(-c4ccc(-c5ccc6c(c5)oc5ccccc56)cc4)cc3)c3ccc(-c4cccc5c4oc4ccccc45)cc3)cc2)cc1.c1ccc(-c2ccc(N(c3ccc(-c4ccc5c(c4)oc4ccccc45)cc3)c3ccc(-c4cccc5c4oc4ccccc45)cc3)cc2)cc1. The third-order valence-corrected chi connectivity index (χ3v) is 21.0. The van der Waals surface area contributed by atoms with Gasteiger partial charge in [-0.1, -0.05) is 279 Å². The molecule has 0 saturated carbocycles. The zero-order valence-corrected chi connectivity index (χ0v) is 58.6. The fraction of sp³-hybridized carbons (Fsp3) is 0. The van der Waals surface area contributed by atoms with E-state index in [9.17, 15) is 0 Å². The Morgan fingerprint density at radius 1 is 0.139 bits per heavy atom. The van der Waals surface area contributed by atoms with Crippen LogP contribution in [0.4, 0.5) is 34.1 Å². The third kappa shape index (κ3) is 11.7. The lowest BCUT2D eigenvalue weighted by atomic mass is 9.99. The molecule has 0 saturated heterocycles. The minimum atomic E-state index is 0.899. The first-order chi connectivity index (χ1) is 53.5. The smallest absolute Gasteiger partial charge is 0.143 e. The zero-order chi connectivity index (χ0) is 71.4. The van der Waals surface area contributed by atoms with Gasteiger partial charge in [-0.25, -0.2) is 0 Å². The monoisotopic (exact) mass is 1380 g/mol. The Morgan fingerprint density at radius 2 is 0.361 bits per heavy atom. The van der Waals surface area contributed by atoms with Gasteiger partial charge in [0.15, 0.2) is 0 Å². The number of para-hydroxylation sites is 6. The summed E-state index contributed by atoms with van der Waals surface area (Å²) in [5.41, 5.74) is 29.8. The summed E-state index contributed by atoms with van der Waals surface area (Å²) < 4.78 is 25.1. The molecule has 0 unspecified atom stereocenters. The summed E-state index contributed by atoms with van der Waals surface area (Å²) in [5.74, 6) is 0. The molecule has 6 nitrogen and oxygen atoms in total. The minimum Gasteiger partial charge on any atom is -0.456 e. The summed E-state index contributed by atoms with van der Waals surface area (Å²) in [6.07, 6.45) is 0. The van der Waals surface area contributed by atoms with E-state index in [0.717, 1.165) is 178 Å². The molecule has 21 aromatic rings. The van der Waals surface area contributed by atoms with Crippen LogP contribution in [0, 0.1) is 0 Å². The van der Waals surface area contributed by atoms with E-state index in [2.05, 4.69) is 362 Å². The lowest BCUT2D eigenvalue weighted by Gasteiger charge is -2.26. The van der Waals surface area contributed by atoms with E-state index >= 15 is 0 Å². The highest BCUT2D eigenvalue weighted by Crippen LogP contribution is 2.45. The quantitative estimate of drug-likeness (QED) is 0.115. The first-order valence-corrected chi connectivity index (χ1v) is 36.6. The van der Waals surface area contributed by atoms with Crippen LogP contribution in [0.3, 0.4) is 0 Å². The summed E-state index contributed by atoms with van der Waals surface area (Å²) in [4.78, 5) is 4.63. The van der Waals surface area contributed by atoms with Gasteiger partial charge in [0.25, 0.3) is 0 Å². The molecule has 4 heterocycles. The van der Waals surface area contributed by atoms with Crippen molar-refractivity contribution in [2.24, 2.45) is 0 Å². The van der Waals surface area contributed by atoms with Gasteiger partial charge >= 0.3 is 0 Å². The molecular formula is C102H66N2O4. The van der Waals surface area contributed by atoms with E-state index in [-0.39, 0.29) is 0 Å². The average molecular weight is 1380 g/mol. The van der Waals surface area contributed by atoms with Crippen LogP contribution in [0.1, 0.15) is 0 Å². The second-order valence-corrected chi connectivity index (χ2v) is 27.4. The van der Waals surface area contributed by atoms with E-state index in [4.69, 9.17) is 17.7 Å². The maximum atomic E-state index is 6.39. The van der Waals surface area contributed by atoms with Crippen molar-refractivity contribution in [2.45, 2.75) is 0 Å². The van der Waals surface area contributed by atoms with Crippen molar-refractivity contribution in [3.05, 3.63) is 400 Å². The zero-order valence-electron chi connectivity index (χ0n) is 58.6. The number of furan rings is 4. The summed E-state index contributed by atoms with van der Waals surface area (Å²) in [6.45, 7) is 0. The molecule has 0 N–H and O–H groups in total. The van der Waals surface area contributed by atoms with Crippen molar-refractivity contribution in [1.82, 2.24) is 0 Å². The first kappa shape index (κ1) is 63.2. The Morgan fingerprint density at radius 3 is 0.685 bits per heavy atom. The Labute approximate surface area is 623 Å². The highest BCUT2D eigenvalue weighted by molar-refractivity contribution is 6.12. The van der Waals surface area contributed by atoms with Crippen molar-refractivity contribution in [1.29, 1.82) is 0 Å². The largest absolute Gasteiger partial charge is 0.456 e. The van der Waals surface area contributed by atoms with Gasteiger partial charge in [0.05, 0.1) is 0 Å². The maximum absolute atomic E-state index is 6.39. The van der Waals surface area contributed by atoms with Crippen molar-refractivity contribution >= 4 is 122 Å². The van der Waals surface area contributed by atoms with Crippen LogP contribution in [0.15, 0.2) is 418 Å². The number of nitrogens with zero attached hydrogens (tertiary/aromatic N) is 2. The summed E-state index contributed by atoms with van der Waals surface area (Å²) in [6, 6.07) is 141. The standard InChI is InChI=1S/C54H35NO2.C48H31NO2/c1-2-9-36(10-3-1)38-21-28-43(29-22-38)55(45-32-25-41(26-33-45)46-13-8-14-50-48-12-5-7-16-52(48)57-54(46)50)44-30-23-39(24-31-44)37-17-19-40(20-18-37)42-27-34-49-47-11-4-6-15-51(47)56-53(49)35-42;1-2-9-32(10-3-1)33-17-24-37(25-18-33)49(38-26-19-34(20-27-38)36-23-30-43-41-11-4-6-15-45(41)50-47(43)31-36)39-28-21-35(22-29-39)40-13-8-14-44-42-12-5-7-16-46(42)51-48(40)44/h1-35H;1-31H. The Kier molecular flexibility index (Phi) is 15.8. The minimum absolute atomic E-state index is 0.899. The number of hydrogen-bond donors (Lipinski definition) is 0. The molecule has 0 aliphatic rings. The Hall–Kier alpha value is -14.5. The second kappa shape index (κ2) is 27.0. The lowest BCUT2D eigenvalue weighted by Crippen LogP contribution is -2.09. The van der Waals surface area contributed by atoms with Gasteiger partial charge in [0.1, 0.15) is 44.7 Å². The predicted octanol–water partition coefficient (Wildman–Crippen LogP) is 29.6. The molecule has 0 atom stereocenters. The molecule has 508 valence electrons. The van der Waals surface area contributed by atoms with E-state index < -0.39 is 0 Å². The molecule has 0 aliphatic carbocycles. The molecule has 6 heteroatoms. The van der Waals surface area contributed by atoms with Crippen molar-refractivity contribution in [3.63, 3.8) is 0 Å². The number of hydrogen-bond acceptors (Lipinski definition) is 6. The molecule has 4 aromatic heterocycles. The first-order valence-electron chi connectivity index (χ1n) is 36.6. The van der Waals surface area contributed by atoms with Crippen LogP contribution in [0.2, 0.25) is 0 Å². The van der Waals surface area contributed by atoms with Gasteiger partial charge in [0.2, 0.25) is 0 Å². The Balaban J connectivity index is 0.000000143. The van der Waals surface area contributed by atoms with E-state index in [1.54, 1.807) is 0 Å². The van der Waals surface area contributed by atoms with Crippen LogP contribution in [-0.2, 0) is 0 Å². The number of benzene rings is 17. The molecule has 0 radical (unpaired) electrons. The van der Waals surface area contributed by atoms with Gasteiger partial charge in [-0.3, -0.25) is 0 Å². The molecule has 0 spiro atoms.